The topological polar surface area (TPSA) is 80.7 Å². The summed E-state index contributed by atoms with van der Waals surface area (Å²) >= 11 is 0. The third-order valence-electron chi connectivity index (χ3n) is 13.0. The zero-order valence-corrected chi connectivity index (χ0v) is 23.6. The van der Waals surface area contributed by atoms with Crippen molar-refractivity contribution in [3.63, 3.8) is 0 Å². The van der Waals surface area contributed by atoms with Crippen LogP contribution in [0.25, 0.3) is 0 Å². The molecular formula is C31H46O5. The molecular weight excluding hydrogens is 452 g/mol. The Morgan fingerprint density at radius 1 is 0.972 bits per heavy atom. The Morgan fingerprint density at radius 2 is 1.64 bits per heavy atom. The Kier molecular flexibility index (Phi) is 5.48. The van der Waals surface area contributed by atoms with Crippen molar-refractivity contribution < 1.29 is 24.2 Å². The van der Waals surface area contributed by atoms with Crippen molar-refractivity contribution in [3.05, 3.63) is 11.6 Å². The third-order valence-corrected chi connectivity index (χ3v) is 13.0. The van der Waals surface area contributed by atoms with E-state index in [1.165, 1.54) is 5.57 Å². The summed E-state index contributed by atoms with van der Waals surface area (Å²) in [5.74, 6) is 0.0592. The predicted molar refractivity (Wildman–Crippen MR) is 138 cm³/mol. The molecule has 5 aliphatic rings. The van der Waals surface area contributed by atoms with E-state index in [0.717, 1.165) is 25.7 Å². The van der Waals surface area contributed by atoms with Gasteiger partial charge in [0.2, 0.25) is 0 Å². The summed E-state index contributed by atoms with van der Waals surface area (Å²) in [7, 11) is 1.79. The van der Waals surface area contributed by atoms with Crippen LogP contribution >= 0.6 is 0 Å². The fourth-order valence-corrected chi connectivity index (χ4v) is 10.5. The van der Waals surface area contributed by atoms with Gasteiger partial charge in [-0.25, -0.2) is 0 Å². The molecule has 0 aromatic rings. The molecule has 1 N–H and O–H groups in total. The average Bonchev–Trinajstić information content (AvgIpc) is 2.78. The monoisotopic (exact) mass is 498 g/mol. The molecule has 0 bridgehead atoms. The number of methoxy groups -OCH3 is 1. The Balaban J connectivity index is 1.69. The number of ketones is 2. The minimum Gasteiger partial charge on any atom is -0.481 e. The van der Waals surface area contributed by atoms with Gasteiger partial charge in [0.15, 0.2) is 0 Å². The van der Waals surface area contributed by atoms with E-state index < -0.39 is 16.8 Å². The number of Topliss-reactive ketones (excluding diaryl/α,β-unsaturated/α-hetero) is 2. The first-order valence-electron chi connectivity index (χ1n) is 14.1. The van der Waals surface area contributed by atoms with Gasteiger partial charge in [-0.05, 0) is 66.6 Å². The molecule has 0 aliphatic heterocycles. The number of fused-ring (bicyclic) bond motifs is 7. The van der Waals surface area contributed by atoms with Gasteiger partial charge in [-0.1, -0.05) is 60.1 Å². The summed E-state index contributed by atoms with van der Waals surface area (Å²) in [6.07, 6.45) is 7.75. The van der Waals surface area contributed by atoms with Crippen LogP contribution in [0, 0.1) is 50.2 Å². The molecule has 5 rings (SSSR count). The molecule has 0 unspecified atom stereocenters. The normalized spacial score (nSPS) is 49.2. The van der Waals surface area contributed by atoms with Crippen molar-refractivity contribution >= 4 is 17.5 Å². The predicted octanol–water partition coefficient (Wildman–Crippen LogP) is 6.25. The van der Waals surface area contributed by atoms with E-state index in [-0.39, 0.29) is 51.8 Å². The van der Waals surface area contributed by atoms with Crippen molar-refractivity contribution in [2.75, 3.05) is 7.11 Å². The number of hydrogen-bond acceptors (Lipinski definition) is 4. The lowest BCUT2D eigenvalue weighted by Crippen LogP contribution is -2.68. The Hall–Kier alpha value is -1.49. The molecule has 4 saturated carbocycles. The summed E-state index contributed by atoms with van der Waals surface area (Å²) in [6.45, 7) is 15.5. The maximum absolute atomic E-state index is 13.1. The van der Waals surface area contributed by atoms with Crippen molar-refractivity contribution in [3.8, 4) is 0 Å². The quantitative estimate of drug-likeness (QED) is 0.456. The molecule has 4 fully saturated rings. The number of hydrogen-bond donors (Lipinski definition) is 1. The van der Waals surface area contributed by atoms with Crippen LogP contribution in [-0.2, 0) is 19.1 Å². The summed E-state index contributed by atoms with van der Waals surface area (Å²) in [4.78, 5) is 39.0. The second-order valence-electron chi connectivity index (χ2n) is 15.0. The molecule has 0 heterocycles. The van der Waals surface area contributed by atoms with Crippen LogP contribution in [-0.4, -0.2) is 35.9 Å². The van der Waals surface area contributed by atoms with Crippen molar-refractivity contribution in [2.45, 2.75) is 106 Å². The highest BCUT2D eigenvalue weighted by Crippen LogP contribution is 2.75. The minimum absolute atomic E-state index is 0.0285. The van der Waals surface area contributed by atoms with Gasteiger partial charge in [-0.2, -0.15) is 0 Å². The third kappa shape index (κ3) is 2.96. The van der Waals surface area contributed by atoms with Gasteiger partial charge in [-0.15, -0.1) is 0 Å². The number of carbonyl (C=O) groups excluding carboxylic acids is 2. The van der Waals surface area contributed by atoms with Gasteiger partial charge < -0.3 is 9.84 Å². The Bertz CT molecular complexity index is 1050. The number of allylic oxidation sites excluding steroid dienone is 1. The molecule has 200 valence electrons. The lowest BCUT2D eigenvalue weighted by atomic mass is 9.33. The highest BCUT2D eigenvalue weighted by molar-refractivity contribution is 5.92. The van der Waals surface area contributed by atoms with E-state index in [2.05, 4.69) is 40.7 Å². The second-order valence-corrected chi connectivity index (χ2v) is 15.0. The van der Waals surface area contributed by atoms with Crippen LogP contribution in [0.3, 0.4) is 0 Å². The highest BCUT2D eigenvalue weighted by atomic mass is 16.5. The molecule has 0 aromatic heterocycles. The fraction of sp³-hybridized carbons (Fsp3) is 0.839. The maximum atomic E-state index is 13.1. The van der Waals surface area contributed by atoms with E-state index in [9.17, 15) is 19.5 Å². The smallest absolute Gasteiger partial charge is 0.310 e. The molecule has 0 spiro atoms. The van der Waals surface area contributed by atoms with Gasteiger partial charge in [0, 0.05) is 36.7 Å². The first-order chi connectivity index (χ1) is 16.5. The summed E-state index contributed by atoms with van der Waals surface area (Å²) in [5.41, 5.74) is -0.909. The second kappa shape index (κ2) is 7.55. The van der Waals surface area contributed by atoms with Crippen LogP contribution in [0.5, 0.6) is 0 Å². The molecule has 0 amide bonds. The maximum Gasteiger partial charge on any atom is 0.310 e. The van der Waals surface area contributed by atoms with Crippen LogP contribution in [0.4, 0.5) is 0 Å². The molecule has 5 nitrogen and oxygen atoms in total. The van der Waals surface area contributed by atoms with E-state index in [1.807, 2.05) is 13.8 Å². The number of ether oxygens (including phenoxy) is 1. The first-order valence-corrected chi connectivity index (χ1v) is 14.1. The highest BCUT2D eigenvalue weighted by Gasteiger charge is 2.71. The number of carbonyl (C=O) groups is 3. The van der Waals surface area contributed by atoms with Gasteiger partial charge in [-0.3, -0.25) is 14.4 Å². The van der Waals surface area contributed by atoms with E-state index in [1.54, 1.807) is 7.11 Å². The Labute approximate surface area is 216 Å². The zero-order chi connectivity index (χ0) is 26.7. The van der Waals surface area contributed by atoms with E-state index in [4.69, 9.17) is 4.74 Å². The summed E-state index contributed by atoms with van der Waals surface area (Å²) in [5, 5.41) is 10.5. The minimum atomic E-state index is -1.01. The summed E-state index contributed by atoms with van der Waals surface area (Å²) < 4.78 is 6.30. The van der Waals surface area contributed by atoms with Crippen LogP contribution in [0.1, 0.15) is 99.8 Å². The zero-order valence-electron chi connectivity index (χ0n) is 23.6. The Morgan fingerprint density at radius 3 is 2.25 bits per heavy atom. The molecule has 0 saturated heterocycles. The molecule has 0 radical (unpaired) electrons. The van der Waals surface area contributed by atoms with Crippen LogP contribution in [0.15, 0.2) is 11.6 Å². The van der Waals surface area contributed by atoms with Gasteiger partial charge in [0.05, 0.1) is 11.5 Å². The number of carboxylic acids is 1. The van der Waals surface area contributed by atoms with Gasteiger partial charge >= 0.3 is 5.97 Å². The standard InChI is InChI=1S/C31H46O5/c1-26(2)16-19-18-15-20(36-8)24-28(5)11-10-22(32)27(3,4)21(28)9-12-30(24,7)29(18,6)13-14-31(19,25(34)35)17-23(26)33/h15,19-21,24H,9-14,16-17H2,1-8H3,(H,34,35)/t19-,20+,21-,24+,28-,29+,30+,31+/m0/s1. The number of rotatable bonds is 2. The van der Waals surface area contributed by atoms with Crippen molar-refractivity contribution in [1.82, 2.24) is 0 Å². The SMILES string of the molecule is CO[C@@H]1C=C2[C@@H]3CC(C)(C)C(=O)C[C@]3(C(=O)O)CC[C@@]2(C)[C@]2(C)CC[C@H]3C(C)(C)C(=O)CC[C@]3(C)[C@@H]12. The van der Waals surface area contributed by atoms with Crippen molar-refractivity contribution in [1.29, 1.82) is 0 Å². The average molecular weight is 499 g/mol. The molecule has 5 heteroatoms. The molecule has 0 aromatic carbocycles. The van der Waals surface area contributed by atoms with E-state index in [0.29, 0.717) is 31.0 Å². The number of aliphatic carboxylic acids is 1. The largest absolute Gasteiger partial charge is 0.481 e. The lowest BCUT2D eigenvalue weighted by molar-refractivity contribution is -0.211. The fourth-order valence-electron chi connectivity index (χ4n) is 10.5. The van der Waals surface area contributed by atoms with E-state index >= 15 is 0 Å². The molecule has 8 atom stereocenters. The van der Waals surface area contributed by atoms with Crippen molar-refractivity contribution in [2.24, 2.45) is 50.2 Å². The lowest BCUT2D eigenvalue weighted by Gasteiger charge is -2.71. The number of carboxylic acid groups (broad SMARTS) is 1. The van der Waals surface area contributed by atoms with Crippen LogP contribution in [0.2, 0.25) is 0 Å². The van der Waals surface area contributed by atoms with Gasteiger partial charge in [0.25, 0.3) is 0 Å². The first kappa shape index (κ1) is 26.1. The molecule has 36 heavy (non-hydrogen) atoms. The molecule has 5 aliphatic carbocycles. The van der Waals surface area contributed by atoms with Gasteiger partial charge in [0.1, 0.15) is 11.6 Å². The summed E-state index contributed by atoms with van der Waals surface area (Å²) in [6, 6.07) is 0. The van der Waals surface area contributed by atoms with Crippen LogP contribution < -0.4 is 0 Å².